The number of aliphatic imine (C=N–C) groups is 1. The zero-order chi connectivity index (χ0) is 18.6. The van der Waals surface area contributed by atoms with Crippen molar-refractivity contribution in [3.05, 3.63) is 29.3 Å². The van der Waals surface area contributed by atoms with Crippen LogP contribution in [-0.2, 0) is 9.84 Å². The Balaban J connectivity index is 0.00000261. The Hall–Kier alpha value is -0.740. The number of nitrogens with zero attached hydrogens (tertiary/aromatic N) is 2. The molecule has 0 aromatic heterocycles. The van der Waals surface area contributed by atoms with E-state index in [0.717, 1.165) is 49.1 Å². The summed E-state index contributed by atoms with van der Waals surface area (Å²) in [6.45, 7) is 5.23. The Labute approximate surface area is 184 Å². The number of halogens is 2. The predicted octanol–water partition coefficient (Wildman–Crippen LogP) is 2.53. The van der Waals surface area contributed by atoms with Gasteiger partial charge in [0.15, 0.2) is 15.8 Å². The average Bonchev–Trinajstić information content (AvgIpc) is 3.19. The number of guanidine groups is 1. The highest BCUT2D eigenvalue weighted by molar-refractivity contribution is 14.0. The third kappa shape index (κ3) is 6.67. The lowest BCUT2D eigenvalue weighted by atomic mass is 10.1. The summed E-state index contributed by atoms with van der Waals surface area (Å²) in [5.41, 5.74) is 1.14. The molecule has 1 aromatic carbocycles. The van der Waals surface area contributed by atoms with E-state index in [9.17, 15) is 8.42 Å². The maximum Gasteiger partial charge on any atom is 0.191 e. The van der Waals surface area contributed by atoms with Gasteiger partial charge in [0.25, 0.3) is 0 Å². The van der Waals surface area contributed by atoms with Crippen molar-refractivity contribution in [2.45, 2.75) is 25.8 Å². The van der Waals surface area contributed by atoms with Gasteiger partial charge in [0.05, 0.1) is 11.5 Å². The minimum atomic E-state index is -2.85. The highest BCUT2D eigenvalue weighted by atomic mass is 127. The van der Waals surface area contributed by atoms with Crippen LogP contribution in [0.15, 0.2) is 29.3 Å². The molecule has 2 saturated heterocycles. The molecule has 9 heteroatoms. The van der Waals surface area contributed by atoms with Gasteiger partial charge in [-0.15, -0.1) is 24.0 Å². The molecule has 27 heavy (non-hydrogen) atoms. The van der Waals surface area contributed by atoms with Gasteiger partial charge in [-0.05, 0) is 43.9 Å². The molecule has 2 N–H and O–H groups in total. The van der Waals surface area contributed by atoms with Gasteiger partial charge in [0, 0.05) is 42.9 Å². The lowest BCUT2D eigenvalue weighted by molar-refractivity contribution is 0.586. The van der Waals surface area contributed by atoms with Gasteiger partial charge in [-0.25, -0.2) is 8.42 Å². The van der Waals surface area contributed by atoms with E-state index in [-0.39, 0.29) is 35.6 Å². The molecule has 2 atom stereocenters. The van der Waals surface area contributed by atoms with E-state index in [2.05, 4.69) is 26.6 Å². The smallest absolute Gasteiger partial charge is 0.191 e. The molecular formula is C18H28ClIN4O2S. The molecule has 152 valence electrons. The van der Waals surface area contributed by atoms with Crippen LogP contribution < -0.4 is 15.5 Å². The summed E-state index contributed by atoms with van der Waals surface area (Å²) >= 11 is 6.09. The van der Waals surface area contributed by atoms with E-state index >= 15 is 0 Å². The Morgan fingerprint density at radius 3 is 2.85 bits per heavy atom. The van der Waals surface area contributed by atoms with Crippen molar-refractivity contribution < 1.29 is 8.42 Å². The zero-order valence-electron chi connectivity index (χ0n) is 15.5. The molecule has 2 fully saturated rings. The first kappa shape index (κ1) is 22.5. The molecule has 6 nitrogen and oxygen atoms in total. The molecule has 0 aliphatic carbocycles. The van der Waals surface area contributed by atoms with Crippen LogP contribution >= 0.6 is 35.6 Å². The lowest BCUT2D eigenvalue weighted by Gasteiger charge is -2.20. The second-order valence-electron chi connectivity index (χ2n) is 7.04. The van der Waals surface area contributed by atoms with Crippen LogP contribution in [0.2, 0.25) is 5.02 Å². The van der Waals surface area contributed by atoms with Gasteiger partial charge in [-0.3, -0.25) is 4.99 Å². The van der Waals surface area contributed by atoms with Gasteiger partial charge < -0.3 is 15.5 Å². The summed E-state index contributed by atoms with van der Waals surface area (Å²) in [6, 6.07) is 8.23. The maximum absolute atomic E-state index is 11.6. The summed E-state index contributed by atoms with van der Waals surface area (Å²) in [4.78, 5) is 6.94. The topological polar surface area (TPSA) is 73.8 Å². The van der Waals surface area contributed by atoms with Gasteiger partial charge >= 0.3 is 0 Å². The van der Waals surface area contributed by atoms with Crippen molar-refractivity contribution in [3.8, 4) is 0 Å². The second kappa shape index (κ2) is 10.2. The Bertz CT molecular complexity index is 759. The number of rotatable bonds is 5. The zero-order valence-corrected chi connectivity index (χ0v) is 19.4. The number of nitrogens with one attached hydrogen (secondary N) is 2. The van der Waals surface area contributed by atoms with Gasteiger partial charge in [-0.1, -0.05) is 17.7 Å². The highest BCUT2D eigenvalue weighted by Gasteiger charge is 2.28. The fourth-order valence-corrected chi connectivity index (χ4v) is 5.57. The fraction of sp³-hybridized carbons (Fsp3) is 0.611. The highest BCUT2D eigenvalue weighted by Crippen LogP contribution is 2.23. The minimum Gasteiger partial charge on any atom is -0.369 e. The third-order valence-corrected chi connectivity index (χ3v) is 6.95. The van der Waals surface area contributed by atoms with Crippen LogP contribution in [0.5, 0.6) is 0 Å². The normalized spacial score (nSPS) is 24.5. The molecule has 3 rings (SSSR count). The average molecular weight is 527 g/mol. The van der Waals surface area contributed by atoms with Crippen molar-refractivity contribution in [1.82, 2.24) is 10.6 Å². The summed E-state index contributed by atoms with van der Waals surface area (Å²) in [5.74, 6) is 1.48. The van der Waals surface area contributed by atoms with Crippen LogP contribution in [0.3, 0.4) is 0 Å². The Kier molecular flexibility index (Phi) is 8.48. The first-order valence-electron chi connectivity index (χ1n) is 9.21. The number of hydrogen-bond donors (Lipinski definition) is 2. The minimum absolute atomic E-state index is 0. The summed E-state index contributed by atoms with van der Waals surface area (Å²) in [7, 11) is -2.85. The quantitative estimate of drug-likeness (QED) is 0.350. The molecule has 0 spiro atoms. The maximum atomic E-state index is 11.6. The number of sulfone groups is 1. The molecule has 2 aliphatic heterocycles. The van der Waals surface area contributed by atoms with Crippen molar-refractivity contribution in [3.63, 3.8) is 0 Å². The molecule has 2 heterocycles. The molecule has 0 saturated carbocycles. The first-order valence-corrected chi connectivity index (χ1v) is 11.4. The lowest BCUT2D eigenvalue weighted by Crippen LogP contribution is -2.44. The largest absolute Gasteiger partial charge is 0.369 e. The van der Waals surface area contributed by atoms with Crippen LogP contribution in [0.1, 0.15) is 19.8 Å². The molecule has 2 aliphatic rings. The monoisotopic (exact) mass is 526 g/mol. The summed E-state index contributed by atoms with van der Waals surface area (Å²) < 4.78 is 23.2. The van der Waals surface area contributed by atoms with E-state index in [4.69, 9.17) is 11.6 Å². The molecule has 0 radical (unpaired) electrons. The van der Waals surface area contributed by atoms with Gasteiger partial charge in [0.1, 0.15) is 0 Å². The molecule has 1 aromatic rings. The first-order chi connectivity index (χ1) is 12.4. The van der Waals surface area contributed by atoms with Crippen molar-refractivity contribution in [2.24, 2.45) is 10.9 Å². The van der Waals surface area contributed by atoms with Crippen LogP contribution in [0, 0.1) is 5.92 Å². The summed E-state index contributed by atoms with van der Waals surface area (Å²) in [6.07, 6.45) is 1.74. The number of anilines is 1. The van der Waals surface area contributed by atoms with Crippen LogP contribution in [0.25, 0.3) is 0 Å². The van der Waals surface area contributed by atoms with Gasteiger partial charge in [-0.2, -0.15) is 0 Å². The standard InChI is InChI=1S/C18H27ClN4O2S.HI/c1-2-20-18(21-11-14-7-9-26(24,25)13-14)22-16-6-8-23(12-16)17-5-3-4-15(19)10-17;/h3-5,10,14,16H,2,6-9,11-13H2,1H3,(H2,20,21,22);1H. The molecule has 0 bridgehead atoms. The third-order valence-electron chi connectivity index (χ3n) is 4.88. The second-order valence-corrected chi connectivity index (χ2v) is 9.71. The van der Waals surface area contributed by atoms with E-state index in [1.807, 2.05) is 25.1 Å². The van der Waals surface area contributed by atoms with Crippen molar-refractivity contribution in [1.29, 1.82) is 0 Å². The van der Waals surface area contributed by atoms with Crippen LogP contribution in [-0.4, -0.2) is 58.1 Å². The van der Waals surface area contributed by atoms with E-state index < -0.39 is 9.84 Å². The van der Waals surface area contributed by atoms with Crippen molar-refractivity contribution in [2.75, 3.05) is 42.6 Å². The van der Waals surface area contributed by atoms with E-state index in [1.165, 1.54) is 0 Å². The number of hydrogen-bond acceptors (Lipinski definition) is 4. The molecule has 2 unspecified atom stereocenters. The van der Waals surface area contributed by atoms with Gasteiger partial charge in [0.2, 0.25) is 0 Å². The van der Waals surface area contributed by atoms with Crippen LogP contribution in [0.4, 0.5) is 5.69 Å². The van der Waals surface area contributed by atoms with E-state index in [0.29, 0.717) is 18.3 Å². The Morgan fingerprint density at radius 2 is 2.19 bits per heavy atom. The number of benzene rings is 1. The van der Waals surface area contributed by atoms with E-state index in [1.54, 1.807) is 0 Å². The molecular weight excluding hydrogens is 499 g/mol. The SMILES string of the molecule is CCNC(=NCC1CCS(=O)(=O)C1)NC1CCN(c2cccc(Cl)c2)C1.I. The predicted molar refractivity (Wildman–Crippen MR) is 123 cm³/mol. The molecule has 0 amide bonds. The van der Waals surface area contributed by atoms with Crippen molar-refractivity contribution >= 4 is 57.1 Å². The fourth-order valence-electron chi connectivity index (χ4n) is 3.54. The summed E-state index contributed by atoms with van der Waals surface area (Å²) in [5, 5.41) is 7.51. The Morgan fingerprint density at radius 1 is 1.37 bits per heavy atom.